The Kier molecular flexibility index (Phi) is 3.76. The monoisotopic (exact) mass is 185 g/mol. The predicted octanol–water partition coefficient (Wildman–Crippen LogP) is 0.289. The molecular formula is C9H15NO3. The predicted molar refractivity (Wildman–Crippen MR) is 48.2 cm³/mol. The molecule has 0 aromatic carbocycles. The molecule has 1 atom stereocenters. The highest BCUT2D eigenvalue weighted by Gasteiger charge is 2.16. The van der Waals surface area contributed by atoms with Gasteiger partial charge >= 0.3 is 5.97 Å². The Hall–Kier alpha value is -1.03. The highest BCUT2D eigenvalue weighted by Crippen LogP contribution is 2.15. The minimum atomic E-state index is -0.925. The zero-order chi connectivity index (χ0) is 9.68. The molecule has 1 unspecified atom stereocenters. The molecule has 0 aromatic rings. The Morgan fingerprint density at radius 2 is 2.38 bits per heavy atom. The van der Waals surface area contributed by atoms with Gasteiger partial charge in [-0.25, -0.2) is 4.79 Å². The number of carboxylic acid groups (broad SMARTS) is 1. The number of aliphatic hydroxyl groups excluding tert-OH is 1. The second kappa shape index (κ2) is 4.87. The van der Waals surface area contributed by atoms with Crippen molar-refractivity contribution >= 4 is 5.97 Å². The Morgan fingerprint density at radius 3 is 3.00 bits per heavy atom. The van der Waals surface area contributed by atoms with Crippen molar-refractivity contribution in [2.45, 2.75) is 12.8 Å². The normalized spacial score (nSPS) is 23.8. The maximum Gasteiger partial charge on any atom is 0.329 e. The Labute approximate surface area is 77.5 Å². The minimum absolute atomic E-state index is 0.192. The fraction of sp³-hybridized carbons (Fsp3) is 0.667. The number of hydrogen-bond acceptors (Lipinski definition) is 3. The quantitative estimate of drug-likeness (QED) is 0.620. The maximum absolute atomic E-state index is 10.2. The summed E-state index contributed by atoms with van der Waals surface area (Å²) in [7, 11) is 0. The van der Waals surface area contributed by atoms with Crippen molar-refractivity contribution in [2.24, 2.45) is 5.92 Å². The molecule has 1 heterocycles. The van der Waals surface area contributed by atoms with Crippen LogP contribution in [0.15, 0.2) is 12.3 Å². The van der Waals surface area contributed by atoms with E-state index in [2.05, 4.69) is 0 Å². The van der Waals surface area contributed by atoms with Crippen LogP contribution in [0.5, 0.6) is 0 Å². The zero-order valence-electron chi connectivity index (χ0n) is 7.52. The number of nitrogens with zero attached hydrogens (tertiary/aromatic N) is 1. The van der Waals surface area contributed by atoms with Gasteiger partial charge in [0.2, 0.25) is 0 Å². The van der Waals surface area contributed by atoms with Crippen molar-refractivity contribution in [1.29, 1.82) is 0 Å². The summed E-state index contributed by atoms with van der Waals surface area (Å²) in [5.74, 6) is -0.627. The van der Waals surface area contributed by atoms with Gasteiger partial charge in [-0.2, -0.15) is 0 Å². The molecule has 1 aliphatic heterocycles. The standard InChI is InChI=1S/C9H15NO3/c11-7-8-2-1-4-10(6-8)5-3-9(12)13/h3,5,8,11H,1-2,4,6-7H2,(H,12,13). The lowest BCUT2D eigenvalue weighted by atomic mass is 9.99. The van der Waals surface area contributed by atoms with E-state index in [1.807, 2.05) is 4.90 Å². The van der Waals surface area contributed by atoms with Crippen molar-refractivity contribution < 1.29 is 15.0 Å². The first-order valence-electron chi connectivity index (χ1n) is 4.48. The molecule has 4 nitrogen and oxygen atoms in total. The lowest BCUT2D eigenvalue weighted by Gasteiger charge is -2.30. The smallest absolute Gasteiger partial charge is 0.329 e. The molecular weight excluding hydrogens is 170 g/mol. The second-order valence-corrected chi connectivity index (χ2v) is 3.34. The van der Waals surface area contributed by atoms with E-state index < -0.39 is 5.97 Å². The first-order chi connectivity index (χ1) is 6.22. The molecule has 0 aliphatic carbocycles. The molecule has 0 aromatic heterocycles. The fourth-order valence-electron chi connectivity index (χ4n) is 1.55. The number of hydrogen-bond donors (Lipinski definition) is 2. The summed E-state index contributed by atoms with van der Waals surface area (Å²) in [5, 5.41) is 17.3. The highest BCUT2D eigenvalue weighted by molar-refractivity contribution is 5.79. The van der Waals surface area contributed by atoms with Gasteiger partial charge in [0.25, 0.3) is 0 Å². The number of piperidine rings is 1. The molecule has 0 spiro atoms. The van der Waals surface area contributed by atoms with Gasteiger partial charge in [-0.15, -0.1) is 0 Å². The van der Waals surface area contributed by atoms with Gasteiger partial charge in [-0.3, -0.25) is 0 Å². The topological polar surface area (TPSA) is 60.8 Å². The molecule has 1 rings (SSSR count). The van der Waals surface area contributed by atoms with E-state index in [1.165, 1.54) is 0 Å². The summed E-state index contributed by atoms with van der Waals surface area (Å²) in [5.41, 5.74) is 0. The third-order valence-electron chi connectivity index (χ3n) is 2.24. The average molecular weight is 185 g/mol. The maximum atomic E-state index is 10.2. The molecule has 74 valence electrons. The van der Waals surface area contributed by atoms with Gasteiger partial charge in [-0.1, -0.05) is 0 Å². The molecule has 0 saturated carbocycles. The van der Waals surface area contributed by atoms with E-state index in [4.69, 9.17) is 10.2 Å². The first-order valence-corrected chi connectivity index (χ1v) is 4.48. The first kappa shape index (κ1) is 10.1. The van der Waals surface area contributed by atoms with Crippen LogP contribution in [-0.2, 0) is 4.79 Å². The molecule has 0 amide bonds. The molecule has 0 radical (unpaired) electrons. The van der Waals surface area contributed by atoms with E-state index in [0.717, 1.165) is 32.0 Å². The van der Waals surface area contributed by atoms with Gasteiger partial charge in [0.1, 0.15) is 0 Å². The van der Waals surface area contributed by atoms with Crippen LogP contribution in [0.1, 0.15) is 12.8 Å². The van der Waals surface area contributed by atoms with Gasteiger partial charge in [0.15, 0.2) is 0 Å². The van der Waals surface area contributed by atoms with Crippen LogP contribution >= 0.6 is 0 Å². The van der Waals surface area contributed by atoms with Crippen molar-refractivity contribution in [1.82, 2.24) is 4.90 Å². The van der Waals surface area contributed by atoms with Gasteiger partial charge in [0.05, 0.1) is 0 Å². The van der Waals surface area contributed by atoms with E-state index in [9.17, 15) is 4.79 Å². The van der Waals surface area contributed by atoms with Crippen molar-refractivity contribution in [3.05, 3.63) is 12.3 Å². The summed E-state index contributed by atoms with van der Waals surface area (Å²) >= 11 is 0. The molecule has 2 N–H and O–H groups in total. The Bertz CT molecular complexity index is 203. The SMILES string of the molecule is O=C(O)C=CN1CCCC(CO)C1. The fourth-order valence-corrected chi connectivity index (χ4v) is 1.55. The molecule has 1 fully saturated rings. The van der Waals surface area contributed by atoms with E-state index in [-0.39, 0.29) is 6.61 Å². The minimum Gasteiger partial charge on any atom is -0.478 e. The average Bonchev–Trinajstić information content (AvgIpc) is 2.15. The third kappa shape index (κ3) is 3.46. The van der Waals surface area contributed by atoms with Crippen molar-refractivity contribution in [3.63, 3.8) is 0 Å². The van der Waals surface area contributed by atoms with Crippen LogP contribution in [0, 0.1) is 5.92 Å². The highest BCUT2D eigenvalue weighted by atomic mass is 16.4. The van der Waals surface area contributed by atoms with Crippen LogP contribution in [0.25, 0.3) is 0 Å². The third-order valence-corrected chi connectivity index (χ3v) is 2.24. The Balaban J connectivity index is 2.38. The van der Waals surface area contributed by atoms with Crippen LogP contribution in [0.4, 0.5) is 0 Å². The van der Waals surface area contributed by atoms with Crippen molar-refractivity contribution in [2.75, 3.05) is 19.7 Å². The number of likely N-dealkylation sites (tertiary alicyclic amines) is 1. The van der Waals surface area contributed by atoms with E-state index >= 15 is 0 Å². The summed E-state index contributed by atoms with van der Waals surface area (Å²) < 4.78 is 0. The molecule has 4 heteroatoms. The lowest BCUT2D eigenvalue weighted by molar-refractivity contribution is -0.131. The molecule has 13 heavy (non-hydrogen) atoms. The summed E-state index contributed by atoms with van der Waals surface area (Å²) in [6, 6.07) is 0. The summed E-state index contributed by atoms with van der Waals surface area (Å²) in [4.78, 5) is 12.2. The van der Waals surface area contributed by atoms with Crippen LogP contribution < -0.4 is 0 Å². The Morgan fingerprint density at radius 1 is 1.62 bits per heavy atom. The number of aliphatic hydroxyl groups is 1. The number of rotatable bonds is 3. The summed E-state index contributed by atoms with van der Waals surface area (Å²) in [6.45, 7) is 1.85. The van der Waals surface area contributed by atoms with Gasteiger partial charge in [-0.05, 0) is 18.8 Å². The molecule has 1 saturated heterocycles. The van der Waals surface area contributed by atoms with Gasteiger partial charge in [0, 0.05) is 32.0 Å². The molecule has 1 aliphatic rings. The van der Waals surface area contributed by atoms with Crippen LogP contribution in [-0.4, -0.2) is 40.8 Å². The van der Waals surface area contributed by atoms with Crippen LogP contribution in [0.3, 0.4) is 0 Å². The summed E-state index contributed by atoms with van der Waals surface area (Å²) in [6.07, 6.45) is 4.78. The largest absolute Gasteiger partial charge is 0.478 e. The van der Waals surface area contributed by atoms with E-state index in [0.29, 0.717) is 5.92 Å². The number of aliphatic carboxylic acids is 1. The lowest BCUT2D eigenvalue weighted by Crippen LogP contribution is -2.33. The number of carboxylic acids is 1. The second-order valence-electron chi connectivity index (χ2n) is 3.34. The molecule has 0 bridgehead atoms. The van der Waals surface area contributed by atoms with Gasteiger partial charge < -0.3 is 15.1 Å². The van der Waals surface area contributed by atoms with E-state index in [1.54, 1.807) is 6.20 Å². The zero-order valence-corrected chi connectivity index (χ0v) is 7.52. The number of carbonyl (C=O) groups is 1. The van der Waals surface area contributed by atoms with Crippen LogP contribution in [0.2, 0.25) is 0 Å². The van der Waals surface area contributed by atoms with Crippen molar-refractivity contribution in [3.8, 4) is 0 Å².